The van der Waals surface area contributed by atoms with Gasteiger partial charge in [-0.2, -0.15) is 0 Å². The van der Waals surface area contributed by atoms with Crippen molar-refractivity contribution < 1.29 is 28.4 Å². The van der Waals surface area contributed by atoms with Gasteiger partial charge in [0.1, 0.15) is 5.82 Å². The molecule has 2 aromatic rings. The summed E-state index contributed by atoms with van der Waals surface area (Å²) in [5.74, 6) is -2.15. The number of rotatable bonds is 8. The van der Waals surface area contributed by atoms with Gasteiger partial charge in [0, 0.05) is 17.5 Å². The Morgan fingerprint density at radius 1 is 1.42 bits per heavy atom. The quantitative estimate of drug-likeness (QED) is 0.422. The third-order valence-electron chi connectivity index (χ3n) is 2.91. The fraction of sp³-hybridized carbons (Fsp3) is 0.267. The summed E-state index contributed by atoms with van der Waals surface area (Å²) in [6, 6.07) is 2.70. The highest BCUT2D eigenvalue weighted by molar-refractivity contribution is 7.13. The van der Waals surface area contributed by atoms with Gasteiger partial charge in [0.25, 0.3) is 5.91 Å². The van der Waals surface area contributed by atoms with E-state index >= 15 is 0 Å². The summed E-state index contributed by atoms with van der Waals surface area (Å²) < 4.78 is 23.0. The first-order valence-corrected chi connectivity index (χ1v) is 8.23. The Balaban J connectivity index is 1.92. The van der Waals surface area contributed by atoms with Crippen LogP contribution in [0.2, 0.25) is 0 Å². The Kier molecular flexibility index (Phi) is 6.55. The standard InChI is InChI=1S/C15H14FN3O6S/c1-2-24-14(21)6-10-8-26-15(17-10)18-13(20)7-25-12-5-9(16)3-4-11(12)19(22)23/h3-5,8H,2,6-7H2,1H3,(H,17,18,20). The molecule has 1 amide bonds. The second-order valence-corrected chi connectivity index (χ2v) is 5.69. The molecule has 1 aromatic carbocycles. The fourth-order valence-electron chi connectivity index (χ4n) is 1.86. The predicted octanol–water partition coefficient (Wildman–Crippen LogP) is 2.31. The Hall–Kier alpha value is -3.08. The molecule has 0 bridgehead atoms. The van der Waals surface area contributed by atoms with Crippen LogP contribution in [0, 0.1) is 15.9 Å². The normalized spacial score (nSPS) is 10.2. The molecule has 0 radical (unpaired) electrons. The molecule has 0 saturated heterocycles. The fourth-order valence-corrected chi connectivity index (χ4v) is 2.58. The molecule has 0 spiro atoms. The Bertz CT molecular complexity index is 825. The molecule has 0 atom stereocenters. The van der Waals surface area contributed by atoms with E-state index in [2.05, 4.69) is 10.3 Å². The van der Waals surface area contributed by atoms with Crippen LogP contribution in [0.15, 0.2) is 23.6 Å². The monoisotopic (exact) mass is 383 g/mol. The molecule has 0 unspecified atom stereocenters. The molecule has 0 fully saturated rings. The maximum Gasteiger partial charge on any atom is 0.311 e. The van der Waals surface area contributed by atoms with Crippen LogP contribution < -0.4 is 10.1 Å². The minimum Gasteiger partial charge on any atom is -0.477 e. The zero-order chi connectivity index (χ0) is 19.1. The second kappa shape index (κ2) is 8.85. The van der Waals surface area contributed by atoms with E-state index in [-0.39, 0.29) is 23.9 Å². The van der Waals surface area contributed by atoms with Crippen molar-refractivity contribution >= 4 is 34.0 Å². The van der Waals surface area contributed by atoms with Gasteiger partial charge in [-0.25, -0.2) is 9.37 Å². The summed E-state index contributed by atoms with van der Waals surface area (Å²) in [5, 5.41) is 15.1. The molecule has 138 valence electrons. The Morgan fingerprint density at radius 2 is 2.19 bits per heavy atom. The maximum absolute atomic E-state index is 13.2. The average Bonchev–Trinajstić information content (AvgIpc) is 2.99. The number of nitro benzene ring substituents is 1. The maximum atomic E-state index is 13.2. The van der Waals surface area contributed by atoms with Gasteiger partial charge < -0.3 is 9.47 Å². The minimum absolute atomic E-state index is 0.0216. The van der Waals surface area contributed by atoms with Crippen LogP contribution in [0.4, 0.5) is 15.2 Å². The van der Waals surface area contributed by atoms with E-state index in [1.807, 2.05) is 0 Å². The molecule has 0 aliphatic carbocycles. The second-order valence-electron chi connectivity index (χ2n) is 4.83. The van der Waals surface area contributed by atoms with Crippen LogP contribution in [0.25, 0.3) is 0 Å². The first-order valence-electron chi connectivity index (χ1n) is 7.35. The number of thiazole rings is 1. The molecule has 1 aromatic heterocycles. The Morgan fingerprint density at radius 3 is 2.88 bits per heavy atom. The van der Waals surface area contributed by atoms with Gasteiger partial charge in [0.15, 0.2) is 11.7 Å². The smallest absolute Gasteiger partial charge is 0.311 e. The number of halogens is 1. The summed E-state index contributed by atoms with van der Waals surface area (Å²) in [5.41, 5.74) is -0.0180. The van der Waals surface area contributed by atoms with Crippen LogP contribution >= 0.6 is 11.3 Å². The molecular weight excluding hydrogens is 369 g/mol. The SMILES string of the molecule is CCOC(=O)Cc1csc(NC(=O)COc2cc(F)ccc2[N+](=O)[O-])n1. The highest BCUT2D eigenvalue weighted by Gasteiger charge is 2.17. The van der Waals surface area contributed by atoms with Crippen molar-refractivity contribution in [2.75, 3.05) is 18.5 Å². The number of nitrogens with one attached hydrogen (secondary N) is 1. The van der Waals surface area contributed by atoms with Crippen LogP contribution in [-0.2, 0) is 20.7 Å². The molecule has 0 saturated carbocycles. The van der Waals surface area contributed by atoms with E-state index in [9.17, 15) is 24.1 Å². The lowest BCUT2D eigenvalue weighted by atomic mass is 10.3. The zero-order valence-electron chi connectivity index (χ0n) is 13.6. The van der Waals surface area contributed by atoms with Gasteiger partial charge >= 0.3 is 11.7 Å². The number of carbonyl (C=O) groups excluding carboxylic acids is 2. The number of nitrogens with zero attached hydrogens (tertiary/aromatic N) is 2. The van der Waals surface area contributed by atoms with Gasteiger partial charge in [0.2, 0.25) is 5.75 Å². The first-order chi connectivity index (χ1) is 12.4. The van der Waals surface area contributed by atoms with E-state index in [4.69, 9.17) is 9.47 Å². The molecule has 2 rings (SSSR count). The van der Waals surface area contributed by atoms with Crippen molar-refractivity contribution in [3.63, 3.8) is 0 Å². The summed E-state index contributed by atoms with van der Waals surface area (Å²) in [7, 11) is 0. The van der Waals surface area contributed by atoms with Crippen molar-refractivity contribution in [2.24, 2.45) is 0 Å². The van der Waals surface area contributed by atoms with Crippen molar-refractivity contribution in [3.8, 4) is 5.75 Å². The summed E-state index contributed by atoms with van der Waals surface area (Å²) in [6.45, 7) is 1.38. The lowest BCUT2D eigenvalue weighted by Gasteiger charge is -2.06. The number of anilines is 1. The lowest BCUT2D eigenvalue weighted by molar-refractivity contribution is -0.385. The van der Waals surface area contributed by atoms with Gasteiger partial charge in [-0.1, -0.05) is 0 Å². The number of nitro groups is 1. The van der Waals surface area contributed by atoms with E-state index < -0.39 is 34.9 Å². The first kappa shape index (κ1) is 19.2. The van der Waals surface area contributed by atoms with Crippen LogP contribution in [0.5, 0.6) is 5.75 Å². The molecule has 1 N–H and O–H groups in total. The Labute approximate surface area is 150 Å². The molecule has 26 heavy (non-hydrogen) atoms. The van der Waals surface area contributed by atoms with Crippen LogP contribution in [0.1, 0.15) is 12.6 Å². The number of amides is 1. The van der Waals surface area contributed by atoms with Crippen LogP contribution in [0.3, 0.4) is 0 Å². The topological polar surface area (TPSA) is 121 Å². The van der Waals surface area contributed by atoms with Crippen molar-refractivity contribution in [1.29, 1.82) is 0 Å². The lowest BCUT2D eigenvalue weighted by Crippen LogP contribution is -2.20. The van der Waals surface area contributed by atoms with Crippen molar-refractivity contribution in [1.82, 2.24) is 4.98 Å². The average molecular weight is 383 g/mol. The zero-order valence-corrected chi connectivity index (χ0v) is 14.4. The number of carbonyl (C=O) groups is 2. The van der Waals surface area contributed by atoms with E-state index in [0.717, 1.165) is 29.5 Å². The van der Waals surface area contributed by atoms with E-state index in [1.54, 1.807) is 12.3 Å². The molecule has 1 heterocycles. The molecule has 11 heteroatoms. The van der Waals surface area contributed by atoms with Crippen molar-refractivity contribution in [3.05, 3.63) is 45.2 Å². The van der Waals surface area contributed by atoms with Crippen LogP contribution in [-0.4, -0.2) is 35.0 Å². The summed E-state index contributed by atoms with van der Waals surface area (Å²) in [6.07, 6.45) is -0.0216. The number of ether oxygens (including phenoxy) is 2. The third kappa shape index (κ3) is 5.48. The number of aromatic nitrogens is 1. The third-order valence-corrected chi connectivity index (χ3v) is 3.71. The number of esters is 1. The van der Waals surface area contributed by atoms with Gasteiger partial charge in [-0.05, 0) is 13.0 Å². The summed E-state index contributed by atoms with van der Waals surface area (Å²) >= 11 is 1.10. The van der Waals surface area contributed by atoms with E-state index in [1.165, 1.54) is 0 Å². The molecular formula is C15H14FN3O6S. The minimum atomic E-state index is -0.741. The molecule has 9 nitrogen and oxygen atoms in total. The van der Waals surface area contributed by atoms with E-state index in [0.29, 0.717) is 5.69 Å². The number of benzene rings is 1. The van der Waals surface area contributed by atoms with Gasteiger partial charge in [-0.3, -0.25) is 25.0 Å². The van der Waals surface area contributed by atoms with Gasteiger partial charge in [-0.15, -0.1) is 11.3 Å². The van der Waals surface area contributed by atoms with Gasteiger partial charge in [0.05, 0.1) is 23.6 Å². The summed E-state index contributed by atoms with van der Waals surface area (Å²) in [4.78, 5) is 37.4. The van der Waals surface area contributed by atoms with Crippen molar-refractivity contribution in [2.45, 2.75) is 13.3 Å². The highest BCUT2D eigenvalue weighted by atomic mass is 32.1. The highest BCUT2D eigenvalue weighted by Crippen LogP contribution is 2.27. The molecule has 0 aliphatic rings. The number of hydrogen-bond acceptors (Lipinski definition) is 8. The molecule has 0 aliphatic heterocycles. The largest absolute Gasteiger partial charge is 0.477 e. The predicted molar refractivity (Wildman–Crippen MR) is 89.6 cm³/mol. The number of hydrogen-bond donors (Lipinski definition) is 1.